The molecule has 0 radical (unpaired) electrons. The van der Waals surface area contributed by atoms with Crippen LogP contribution in [0.1, 0.15) is 49.4 Å². The van der Waals surface area contributed by atoms with E-state index in [-0.39, 0.29) is 0 Å². The average Bonchev–Trinajstić information content (AvgIpc) is 2.30. The van der Waals surface area contributed by atoms with E-state index in [2.05, 4.69) is 71.9 Å². The molecule has 0 saturated heterocycles. The summed E-state index contributed by atoms with van der Waals surface area (Å²) in [6, 6.07) is 4.60. The van der Waals surface area contributed by atoms with Gasteiger partial charge in [0, 0.05) is 0 Å². The van der Waals surface area contributed by atoms with Gasteiger partial charge < -0.3 is 0 Å². The molecule has 0 nitrogen and oxygen atoms in total. The summed E-state index contributed by atoms with van der Waals surface area (Å²) in [5, 5.41) is 0. The van der Waals surface area contributed by atoms with E-state index in [1.54, 1.807) is 0 Å². The van der Waals surface area contributed by atoms with Crippen molar-refractivity contribution >= 4 is 5.57 Å². The Morgan fingerprint density at radius 3 is 2.11 bits per heavy atom. The number of aryl methyl sites for hydroxylation is 2. The van der Waals surface area contributed by atoms with Gasteiger partial charge in [0.2, 0.25) is 0 Å². The van der Waals surface area contributed by atoms with Gasteiger partial charge in [-0.2, -0.15) is 0 Å². The molecule has 0 aliphatic rings. The summed E-state index contributed by atoms with van der Waals surface area (Å²) in [5.41, 5.74) is 6.85. The summed E-state index contributed by atoms with van der Waals surface area (Å²) in [5.74, 6) is 0.706. The van der Waals surface area contributed by atoms with Gasteiger partial charge in [0.05, 0.1) is 0 Å². The predicted molar refractivity (Wildman–Crippen MR) is 82.9 cm³/mol. The molecule has 0 heteroatoms. The van der Waals surface area contributed by atoms with Gasteiger partial charge in [0.25, 0.3) is 0 Å². The Labute approximate surface area is 112 Å². The van der Waals surface area contributed by atoms with Crippen LogP contribution in [0, 0.1) is 26.7 Å². The maximum atomic E-state index is 2.36. The first kappa shape index (κ1) is 14.8. The lowest BCUT2D eigenvalue weighted by atomic mass is 9.95. The first-order chi connectivity index (χ1) is 8.45. The van der Waals surface area contributed by atoms with Gasteiger partial charge in [-0.25, -0.2) is 0 Å². The summed E-state index contributed by atoms with van der Waals surface area (Å²) in [7, 11) is 0. The van der Waals surface area contributed by atoms with Crippen molar-refractivity contribution in [2.75, 3.05) is 0 Å². The highest BCUT2D eigenvalue weighted by Gasteiger charge is 2.04. The van der Waals surface area contributed by atoms with Crippen LogP contribution in [0.5, 0.6) is 0 Å². The number of allylic oxidation sites excluding steroid dienone is 4. The molecule has 0 bridgehead atoms. The third kappa shape index (κ3) is 3.87. The molecule has 98 valence electrons. The minimum absolute atomic E-state index is 0.706. The smallest absolute Gasteiger partial charge is 0.0182 e. The molecule has 0 aromatic heterocycles. The lowest BCUT2D eigenvalue weighted by Gasteiger charge is -2.11. The van der Waals surface area contributed by atoms with E-state index in [1.807, 2.05) is 0 Å². The van der Waals surface area contributed by atoms with Crippen LogP contribution >= 0.6 is 0 Å². The zero-order valence-electron chi connectivity index (χ0n) is 12.7. The topological polar surface area (TPSA) is 0 Å². The average molecular weight is 242 g/mol. The first-order valence-electron chi connectivity index (χ1n) is 6.86. The Morgan fingerprint density at radius 1 is 1.11 bits per heavy atom. The number of hydrogen-bond acceptors (Lipinski definition) is 0. The van der Waals surface area contributed by atoms with Gasteiger partial charge in [-0.05, 0) is 67.9 Å². The minimum atomic E-state index is 0.706. The monoisotopic (exact) mass is 242 g/mol. The normalized spacial score (nSPS) is 12.7. The molecule has 0 aliphatic carbocycles. The van der Waals surface area contributed by atoms with Crippen molar-refractivity contribution < 1.29 is 0 Å². The highest BCUT2D eigenvalue weighted by Crippen LogP contribution is 2.23. The molecule has 0 N–H and O–H groups in total. The molecule has 1 aromatic carbocycles. The van der Waals surface area contributed by atoms with Gasteiger partial charge in [0.1, 0.15) is 0 Å². The van der Waals surface area contributed by atoms with Crippen LogP contribution in [0.2, 0.25) is 0 Å². The first-order valence-corrected chi connectivity index (χ1v) is 6.86. The Hall–Kier alpha value is -1.30. The molecule has 0 saturated carbocycles. The van der Waals surface area contributed by atoms with Crippen LogP contribution in [0.3, 0.4) is 0 Å². The van der Waals surface area contributed by atoms with Crippen molar-refractivity contribution in [3.8, 4) is 0 Å². The van der Waals surface area contributed by atoms with Crippen molar-refractivity contribution in [3.05, 3.63) is 52.6 Å². The van der Waals surface area contributed by atoms with Crippen LogP contribution in [0.4, 0.5) is 0 Å². The molecule has 0 atom stereocenters. The van der Waals surface area contributed by atoms with Crippen LogP contribution in [0.15, 0.2) is 30.4 Å². The van der Waals surface area contributed by atoms with Crippen LogP contribution < -0.4 is 0 Å². The molecular formula is C18H26. The summed E-state index contributed by atoms with van der Waals surface area (Å²) in [6.07, 6.45) is 7.82. The Bertz CT molecular complexity index is 436. The third-order valence-electron chi connectivity index (χ3n) is 3.42. The molecule has 0 heterocycles. The second-order valence-corrected chi connectivity index (χ2v) is 5.52. The van der Waals surface area contributed by atoms with E-state index in [0.29, 0.717) is 5.92 Å². The second-order valence-electron chi connectivity index (χ2n) is 5.52. The lowest BCUT2D eigenvalue weighted by Crippen LogP contribution is -1.92. The Kier molecular flexibility index (Phi) is 5.40. The summed E-state index contributed by atoms with van der Waals surface area (Å²) < 4.78 is 0. The standard InChI is InChI=1S/C18H26/c1-7-8-17(10-9-13(2)3)18-11-14(4)16(6)15(5)12-18/h7-8,10-13H,9H2,1-6H3/b8-7-,17-10+. The molecule has 0 amide bonds. The summed E-state index contributed by atoms with van der Waals surface area (Å²) in [4.78, 5) is 0. The molecule has 1 aromatic rings. The maximum Gasteiger partial charge on any atom is -0.0182 e. The van der Waals surface area contributed by atoms with E-state index in [4.69, 9.17) is 0 Å². The molecule has 0 spiro atoms. The third-order valence-corrected chi connectivity index (χ3v) is 3.42. The van der Waals surface area contributed by atoms with Crippen LogP contribution in [-0.4, -0.2) is 0 Å². The van der Waals surface area contributed by atoms with Gasteiger partial charge in [0.15, 0.2) is 0 Å². The fourth-order valence-corrected chi connectivity index (χ4v) is 2.03. The van der Waals surface area contributed by atoms with Gasteiger partial charge in [-0.1, -0.05) is 44.2 Å². The van der Waals surface area contributed by atoms with E-state index >= 15 is 0 Å². The fraction of sp³-hybridized carbons (Fsp3) is 0.444. The molecular weight excluding hydrogens is 216 g/mol. The quantitative estimate of drug-likeness (QED) is 0.601. The fourth-order valence-electron chi connectivity index (χ4n) is 2.03. The van der Waals surface area contributed by atoms with Crippen molar-refractivity contribution in [2.45, 2.75) is 48.0 Å². The highest BCUT2D eigenvalue weighted by molar-refractivity contribution is 5.75. The molecule has 0 unspecified atom stereocenters. The lowest BCUT2D eigenvalue weighted by molar-refractivity contribution is 0.664. The molecule has 1 rings (SSSR count). The maximum absolute atomic E-state index is 2.36. The summed E-state index contributed by atoms with van der Waals surface area (Å²) in [6.45, 7) is 13.2. The van der Waals surface area contributed by atoms with Gasteiger partial charge in [-0.15, -0.1) is 0 Å². The van der Waals surface area contributed by atoms with Gasteiger partial charge >= 0.3 is 0 Å². The second kappa shape index (κ2) is 6.58. The summed E-state index contributed by atoms with van der Waals surface area (Å²) >= 11 is 0. The minimum Gasteiger partial charge on any atom is -0.0871 e. The molecule has 0 fully saturated rings. The number of rotatable bonds is 4. The SMILES string of the molecule is C/C=C\C(=C/CC(C)C)c1cc(C)c(C)c(C)c1. The highest BCUT2D eigenvalue weighted by atomic mass is 14.1. The van der Waals surface area contributed by atoms with E-state index in [9.17, 15) is 0 Å². The largest absolute Gasteiger partial charge is 0.0871 e. The van der Waals surface area contributed by atoms with E-state index in [0.717, 1.165) is 6.42 Å². The molecule has 18 heavy (non-hydrogen) atoms. The Balaban J connectivity index is 3.18. The van der Waals surface area contributed by atoms with Crippen LogP contribution in [0.25, 0.3) is 5.57 Å². The van der Waals surface area contributed by atoms with E-state index < -0.39 is 0 Å². The Morgan fingerprint density at radius 2 is 1.67 bits per heavy atom. The predicted octanol–water partition coefficient (Wildman–Crippen LogP) is 5.62. The molecule has 0 aliphatic heterocycles. The van der Waals surface area contributed by atoms with Crippen molar-refractivity contribution in [2.24, 2.45) is 5.92 Å². The van der Waals surface area contributed by atoms with Crippen molar-refractivity contribution in [1.29, 1.82) is 0 Å². The van der Waals surface area contributed by atoms with Gasteiger partial charge in [-0.3, -0.25) is 0 Å². The zero-order valence-corrected chi connectivity index (χ0v) is 12.7. The van der Waals surface area contributed by atoms with Crippen molar-refractivity contribution in [1.82, 2.24) is 0 Å². The zero-order chi connectivity index (χ0) is 13.7. The van der Waals surface area contributed by atoms with Crippen LogP contribution in [-0.2, 0) is 0 Å². The van der Waals surface area contributed by atoms with Crippen molar-refractivity contribution in [3.63, 3.8) is 0 Å². The number of hydrogen-bond donors (Lipinski definition) is 0. The number of benzene rings is 1. The van der Waals surface area contributed by atoms with E-state index in [1.165, 1.54) is 27.8 Å².